The lowest BCUT2D eigenvalue weighted by Crippen LogP contribution is -2.03. The first-order chi connectivity index (χ1) is 9.86. The fraction of sp³-hybridized carbons (Fsp3) is 0.222. The molecular weight excluding hydrogens is 244 g/mol. The second kappa shape index (κ2) is 5.51. The van der Waals surface area contributed by atoms with Crippen LogP contribution in [0.4, 0.5) is 0 Å². The Balaban J connectivity index is 2.36. The van der Waals surface area contributed by atoms with Gasteiger partial charge in [0.1, 0.15) is 0 Å². The van der Waals surface area contributed by atoms with Crippen molar-refractivity contribution in [2.24, 2.45) is 5.73 Å². The van der Waals surface area contributed by atoms with Crippen LogP contribution in [0.15, 0.2) is 54.7 Å². The van der Waals surface area contributed by atoms with Crippen molar-refractivity contribution in [1.29, 1.82) is 0 Å². The van der Waals surface area contributed by atoms with Crippen molar-refractivity contribution in [3.63, 3.8) is 0 Å². The van der Waals surface area contributed by atoms with Crippen LogP contribution in [0.3, 0.4) is 0 Å². The van der Waals surface area contributed by atoms with E-state index < -0.39 is 0 Å². The van der Waals surface area contributed by atoms with Gasteiger partial charge in [-0.25, -0.2) is 0 Å². The van der Waals surface area contributed by atoms with E-state index >= 15 is 0 Å². The van der Waals surface area contributed by atoms with Gasteiger partial charge in [-0.15, -0.1) is 0 Å². The molecule has 0 fully saturated rings. The van der Waals surface area contributed by atoms with Crippen LogP contribution in [-0.4, -0.2) is 10.9 Å². The third-order valence-corrected chi connectivity index (χ3v) is 3.84. The summed E-state index contributed by atoms with van der Waals surface area (Å²) in [5, 5.41) is 0. The lowest BCUT2D eigenvalue weighted by molar-refractivity contribution is 0.978. The minimum Gasteiger partial charge on any atom is -0.330 e. The zero-order valence-electron chi connectivity index (χ0n) is 11.8. The first-order valence-electron chi connectivity index (χ1n) is 7.23. The van der Waals surface area contributed by atoms with Crippen LogP contribution in [0.25, 0.3) is 16.6 Å². The maximum atomic E-state index is 5.84. The molecule has 0 aliphatic rings. The summed E-state index contributed by atoms with van der Waals surface area (Å²) < 4.78 is 2.31. The monoisotopic (exact) mass is 264 g/mol. The number of aromatic nitrogens is 1. The molecule has 102 valence electrons. The van der Waals surface area contributed by atoms with Crippen LogP contribution in [0, 0.1) is 0 Å². The minimum atomic E-state index is 0.678. The summed E-state index contributed by atoms with van der Waals surface area (Å²) in [6.07, 6.45) is 4.08. The molecule has 0 aliphatic heterocycles. The van der Waals surface area contributed by atoms with Crippen molar-refractivity contribution in [2.45, 2.75) is 19.8 Å². The van der Waals surface area contributed by atoms with Crippen molar-refractivity contribution >= 4 is 5.52 Å². The number of pyridine rings is 1. The van der Waals surface area contributed by atoms with Gasteiger partial charge in [-0.3, -0.25) is 0 Å². The molecule has 0 saturated heterocycles. The van der Waals surface area contributed by atoms with E-state index in [2.05, 4.69) is 66.1 Å². The molecule has 0 amide bonds. The highest BCUT2D eigenvalue weighted by atomic mass is 14.9. The number of hydrogen-bond donors (Lipinski definition) is 1. The Morgan fingerprint density at radius 3 is 2.45 bits per heavy atom. The second-order valence-corrected chi connectivity index (χ2v) is 5.01. The number of hydrogen-bond acceptors (Lipinski definition) is 1. The first-order valence-corrected chi connectivity index (χ1v) is 7.23. The Hall–Kier alpha value is -2.06. The molecule has 3 aromatic rings. The molecule has 0 spiro atoms. The molecule has 2 nitrogen and oxygen atoms in total. The highest BCUT2D eigenvalue weighted by Crippen LogP contribution is 2.33. The van der Waals surface area contributed by atoms with Gasteiger partial charge in [0, 0.05) is 23.0 Å². The van der Waals surface area contributed by atoms with E-state index in [1.807, 2.05) is 0 Å². The van der Waals surface area contributed by atoms with Gasteiger partial charge in [-0.1, -0.05) is 43.3 Å². The fourth-order valence-corrected chi connectivity index (χ4v) is 3.04. The van der Waals surface area contributed by atoms with Gasteiger partial charge < -0.3 is 10.1 Å². The Morgan fingerprint density at radius 1 is 1.00 bits per heavy atom. The lowest BCUT2D eigenvalue weighted by atomic mass is 9.98. The predicted molar refractivity (Wildman–Crippen MR) is 85.0 cm³/mol. The van der Waals surface area contributed by atoms with E-state index in [1.54, 1.807) is 0 Å². The molecule has 0 radical (unpaired) electrons. The lowest BCUT2D eigenvalue weighted by Gasteiger charge is -2.06. The van der Waals surface area contributed by atoms with Gasteiger partial charge >= 0.3 is 0 Å². The molecule has 2 heterocycles. The van der Waals surface area contributed by atoms with E-state index in [0.29, 0.717) is 6.54 Å². The van der Waals surface area contributed by atoms with Crippen LogP contribution in [0.2, 0.25) is 0 Å². The van der Waals surface area contributed by atoms with E-state index in [4.69, 9.17) is 5.73 Å². The van der Waals surface area contributed by atoms with Gasteiger partial charge in [0.15, 0.2) is 0 Å². The molecular formula is C18H20N2. The van der Waals surface area contributed by atoms with Crippen LogP contribution >= 0.6 is 0 Å². The summed E-state index contributed by atoms with van der Waals surface area (Å²) in [5.41, 5.74) is 12.5. The highest BCUT2D eigenvalue weighted by molar-refractivity contribution is 5.80. The van der Waals surface area contributed by atoms with Crippen molar-refractivity contribution in [2.75, 3.05) is 6.54 Å². The largest absolute Gasteiger partial charge is 0.330 e. The van der Waals surface area contributed by atoms with Gasteiger partial charge in [0.25, 0.3) is 0 Å². The van der Waals surface area contributed by atoms with Crippen LogP contribution < -0.4 is 5.73 Å². The van der Waals surface area contributed by atoms with Crippen LogP contribution in [0.1, 0.15) is 18.2 Å². The average Bonchev–Trinajstić information content (AvgIpc) is 2.82. The van der Waals surface area contributed by atoms with Gasteiger partial charge in [-0.2, -0.15) is 0 Å². The van der Waals surface area contributed by atoms with Crippen LogP contribution in [-0.2, 0) is 12.8 Å². The predicted octanol–water partition coefficient (Wildman–Crippen LogP) is 3.67. The Kier molecular flexibility index (Phi) is 3.57. The third kappa shape index (κ3) is 2.02. The van der Waals surface area contributed by atoms with E-state index in [1.165, 1.54) is 27.9 Å². The average molecular weight is 264 g/mol. The summed E-state index contributed by atoms with van der Waals surface area (Å²) in [6, 6.07) is 17.0. The number of nitrogens with two attached hydrogens (primary N) is 1. The molecule has 20 heavy (non-hydrogen) atoms. The number of rotatable bonds is 4. The fourth-order valence-electron chi connectivity index (χ4n) is 3.04. The molecule has 0 atom stereocenters. The molecule has 0 aliphatic carbocycles. The maximum absolute atomic E-state index is 5.84. The van der Waals surface area contributed by atoms with Crippen molar-refractivity contribution in [1.82, 2.24) is 4.40 Å². The Labute approximate surface area is 119 Å². The quantitative estimate of drug-likeness (QED) is 0.765. The summed E-state index contributed by atoms with van der Waals surface area (Å²) >= 11 is 0. The zero-order valence-corrected chi connectivity index (χ0v) is 11.8. The normalized spacial score (nSPS) is 11.1. The highest BCUT2D eigenvalue weighted by Gasteiger charge is 2.17. The topological polar surface area (TPSA) is 30.4 Å². The Bertz CT molecular complexity index is 711. The minimum absolute atomic E-state index is 0.678. The van der Waals surface area contributed by atoms with Crippen molar-refractivity contribution < 1.29 is 0 Å². The van der Waals surface area contributed by atoms with Crippen molar-refractivity contribution in [3.05, 3.63) is 66.0 Å². The van der Waals surface area contributed by atoms with Crippen molar-refractivity contribution in [3.8, 4) is 11.1 Å². The Morgan fingerprint density at radius 2 is 1.75 bits per heavy atom. The first kappa shape index (κ1) is 12.9. The zero-order chi connectivity index (χ0) is 13.9. The summed E-state index contributed by atoms with van der Waals surface area (Å²) in [4.78, 5) is 0. The maximum Gasteiger partial charge on any atom is 0.0491 e. The molecule has 2 N–H and O–H groups in total. The molecule has 3 rings (SSSR count). The summed E-state index contributed by atoms with van der Waals surface area (Å²) in [6.45, 7) is 2.89. The number of fused-ring (bicyclic) bond motifs is 1. The van der Waals surface area contributed by atoms with Gasteiger partial charge in [-0.05, 0) is 42.6 Å². The molecule has 2 aromatic heterocycles. The molecule has 0 saturated carbocycles. The number of nitrogens with zero attached hydrogens (tertiary/aromatic N) is 1. The molecule has 1 aromatic carbocycles. The van der Waals surface area contributed by atoms with Gasteiger partial charge in [0.2, 0.25) is 0 Å². The van der Waals surface area contributed by atoms with E-state index in [9.17, 15) is 0 Å². The standard InChI is InChI=1S/C18H20N2/c1-2-16-18(14-8-4-3-5-9-14)15(11-12-19)17-10-6-7-13-20(16)17/h3-10,13H,2,11-12,19H2,1H3. The van der Waals surface area contributed by atoms with E-state index in [-0.39, 0.29) is 0 Å². The summed E-state index contributed by atoms with van der Waals surface area (Å²) in [5.74, 6) is 0. The third-order valence-electron chi connectivity index (χ3n) is 3.84. The SMILES string of the molecule is CCc1c(-c2ccccc2)c(CCN)c2ccccn12. The summed E-state index contributed by atoms with van der Waals surface area (Å²) in [7, 11) is 0. The number of aryl methyl sites for hydroxylation is 1. The second-order valence-electron chi connectivity index (χ2n) is 5.01. The van der Waals surface area contributed by atoms with Crippen LogP contribution in [0.5, 0.6) is 0 Å². The smallest absolute Gasteiger partial charge is 0.0491 e. The molecule has 0 bridgehead atoms. The molecule has 2 heteroatoms. The molecule has 0 unspecified atom stereocenters. The van der Waals surface area contributed by atoms with Gasteiger partial charge in [0.05, 0.1) is 0 Å². The number of benzene rings is 1. The van der Waals surface area contributed by atoms with E-state index in [0.717, 1.165) is 12.8 Å².